The Morgan fingerprint density at radius 1 is 1.37 bits per heavy atom. The van der Waals surface area contributed by atoms with E-state index >= 15 is 0 Å². The Morgan fingerprint density at radius 3 is 2.89 bits per heavy atom. The van der Waals surface area contributed by atoms with Gasteiger partial charge in [-0.15, -0.1) is 0 Å². The molecule has 0 unspecified atom stereocenters. The van der Waals surface area contributed by atoms with Crippen LogP contribution in [-0.4, -0.2) is 18.7 Å². The second-order valence-corrected chi connectivity index (χ2v) is 4.98. The zero-order valence-electron chi connectivity index (χ0n) is 10.7. The molecule has 0 aliphatic heterocycles. The van der Waals surface area contributed by atoms with Crippen LogP contribution in [0.3, 0.4) is 0 Å². The van der Waals surface area contributed by atoms with E-state index in [9.17, 15) is 0 Å². The van der Waals surface area contributed by atoms with Gasteiger partial charge in [0.25, 0.3) is 0 Å². The third kappa shape index (κ3) is 3.68. The lowest BCUT2D eigenvalue weighted by Gasteiger charge is -2.12. The second kappa shape index (κ2) is 6.54. The van der Waals surface area contributed by atoms with Crippen molar-refractivity contribution in [3.05, 3.63) is 46.6 Å². The van der Waals surface area contributed by atoms with E-state index in [-0.39, 0.29) is 0 Å². The van der Waals surface area contributed by atoms with Gasteiger partial charge in [0.15, 0.2) is 0 Å². The fourth-order valence-corrected chi connectivity index (χ4v) is 2.21. The normalized spacial score (nSPS) is 10.4. The highest BCUT2D eigenvalue weighted by Crippen LogP contribution is 2.27. The lowest BCUT2D eigenvalue weighted by Crippen LogP contribution is -2.02. The van der Waals surface area contributed by atoms with Gasteiger partial charge in [-0.25, -0.2) is 4.98 Å². The number of aromatic nitrogens is 1. The highest BCUT2D eigenvalue weighted by Gasteiger charge is 2.06. The van der Waals surface area contributed by atoms with E-state index < -0.39 is 0 Å². The molecule has 0 fully saturated rings. The number of hydrogen-bond acceptors (Lipinski definition) is 4. The molecule has 3 N–H and O–H groups in total. The number of benzene rings is 1. The van der Waals surface area contributed by atoms with E-state index in [1.807, 2.05) is 24.3 Å². The third-order valence-corrected chi connectivity index (χ3v) is 3.31. The summed E-state index contributed by atoms with van der Waals surface area (Å²) in [6.45, 7) is 0.690. The number of nitrogens with one attached hydrogen (secondary N) is 1. The number of methoxy groups -OCH3 is 1. The zero-order chi connectivity index (χ0) is 13.7. The van der Waals surface area contributed by atoms with Crippen molar-refractivity contribution in [2.24, 2.45) is 0 Å². The summed E-state index contributed by atoms with van der Waals surface area (Å²) in [5, 5.41) is 3.31. The van der Waals surface area contributed by atoms with Crippen molar-refractivity contribution < 1.29 is 4.74 Å². The predicted octanol–water partition coefficient (Wildman–Crippen LogP) is 3.36. The first-order valence-electron chi connectivity index (χ1n) is 5.95. The van der Waals surface area contributed by atoms with Crippen LogP contribution in [-0.2, 0) is 11.2 Å². The molecule has 4 nitrogen and oxygen atoms in total. The topological polar surface area (TPSA) is 60.2 Å². The van der Waals surface area contributed by atoms with Crippen molar-refractivity contribution in [3.63, 3.8) is 0 Å². The van der Waals surface area contributed by atoms with Crippen molar-refractivity contribution in [3.8, 4) is 0 Å². The summed E-state index contributed by atoms with van der Waals surface area (Å²) < 4.78 is 5.96. The number of anilines is 3. The summed E-state index contributed by atoms with van der Waals surface area (Å²) in [5.74, 6) is 0.749. The van der Waals surface area contributed by atoms with Crippen LogP contribution in [0.5, 0.6) is 0 Å². The summed E-state index contributed by atoms with van der Waals surface area (Å²) in [4.78, 5) is 4.28. The van der Waals surface area contributed by atoms with Gasteiger partial charge in [0.1, 0.15) is 5.82 Å². The maximum Gasteiger partial charge on any atom is 0.144 e. The van der Waals surface area contributed by atoms with E-state index in [1.54, 1.807) is 13.3 Å². The summed E-state index contributed by atoms with van der Waals surface area (Å²) in [6.07, 6.45) is 2.48. The van der Waals surface area contributed by atoms with E-state index in [4.69, 9.17) is 10.5 Å². The van der Waals surface area contributed by atoms with Gasteiger partial charge < -0.3 is 15.8 Å². The number of nitrogen functional groups attached to an aromatic ring is 1. The predicted molar refractivity (Wildman–Crippen MR) is 81.7 cm³/mol. The van der Waals surface area contributed by atoms with Gasteiger partial charge in [0.2, 0.25) is 0 Å². The highest BCUT2D eigenvalue weighted by atomic mass is 79.9. The van der Waals surface area contributed by atoms with Crippen molar-refractivity contribution in [2.45, 2.75) is 6.42 Å². The quantitative estimate of drug-likeness (QED) is 0.886. The molecule has 0 bridgehead atoms. The van der Waals surface area contributed by atoms with Gasteiger partial charge in [-0.1, -0.05) is 18.2 Å². The molecule has 1 aromatic carbocycles. The molecular formula is C14H16BrN3O. The molecule has 2 aromatic rings. The maximum atomic E-state index is 5.68. The van der Waals surface area contributed by atoms with Crippen LogP contribution in [0.1, 0.15) is 5.56 Å². The molecule has 0 radical (unpaired) electrons. The SMILES string of the molecule is COCCc1ccccc1Nc1ncc(N)cc1Br. The van der Waals surface area contributed by atoms with Crippen molar-refractivity contribution in [2.75, 3.05) is 24.8 Å². The molecule has 100 valence electrons. The van der Waals surface area contributed by atoms with Crippen molar-refractivity contribution >= 4 is 33.1 Å². The average molecular weight is 322 g/mol. The molecule has 0 spiro atoms. The Labute approximate surface area is 121 Å². The number of rotatable bonds is 5. The molecule has 0 atom stereocenters. The summed E-state index contributed by atoms with van der Waals surface area (Å²) in [5.41, 5.74) is 8.52. The van der Waals surface area contributed by atoms with Crippen LogP contribution in [0.15, 0.2) is 41.0 Å². The summed E-state index contributed by atoms with van der Waals surface area (Å²) in [7, 11) is 1.70. The van der Waals surface area contributed by atoms with Gasteiger partial charge in [-0.2, -0.15) is 0 Å². The molecule has 0 amide bonds. The summed E-state index contributed by atoms with van der Waals surface area (Å²) in [6, 6.07) is 9.93. The fraction of sp³-hybridized carbons (Fsp3) is 0.214. The molecule has 5 heteroatoms. The number of halogens is 1. The third-order valence-electron chi connectivity index (χ3n) is 2.71. The number of nitrogens with two attached hydrogens (primary N) is 1. The number of para-hydroxylation sites is 1. The molecule has 0 aliphatic rings. The first kappa shape index (κ1) is 13.8. The Hall–Kier alpha value is -1.59. The smallest absolute Gasteiger partial charge is 0.144 e. The van der Waals surface area contributed by atoms with Crippen LogP contribution in [0.4, 0.5) is 17.2 Å². The number of hydrogen-bond donors (Lipinski definition) is 2. The highest BCUT2D eigenvalue weighted by molar-refractivity contribution is 9.10. The molecular weight excluding hydrogens is 306 g/mol. The van der Waals surface area contributed by atoms with Gasteiger partial charge in [0, 0.05) is 12.8 Å². The van der Waals surface area contributed by atoms with Crippen LogP contribution in [0.2, 0.25) is 0 Å². The second-order valence-electron chi connectivity index (χ2n) is 4.12. The molecule has 0 saturated heterocycles. The average Bonchev–Trinajstić information content (AvgIpc) is 2.41. The van der Waals surface area contributed by atoms with E-state index in [2.05, 4.69) is 32.3 Å². The number of pyridine rings is 1. The van der Waals surface area contributed by atoms with Crippen LogP contribution < -0.4 is 11.1 Å². The lowest BCUT2D eigenvalue weighted by atomic mass is 10.1. The van der Waals surface area contributed by atoms with E-state index in [0.717, 1.165) is 22.4 Å². The Balaban J connectivity index is 2.22. The molecule has 0 aliphatic carbocycles. The van der Waals surface area contributed by atoms with Crippen molar-refractivity contribution in [1.29, 1.82) is 0 Å². The molecule has 1 heterocycles. The fourth-order valence-electron chi connectivity index (χ4n) is 1.74. The maximum absolute atomic E-state index is 5.68. The standard InChI is InChI=1S/C14H16BrN3O/c1-19-7-6-10-4-2-3-5-13(10)18-14-12(15)8-11(16)9-17-14/h2-5,8-9H,6-7,16H2,1H3,(H,17,18). The minimum atomic E-state index is 0.630. The molecule has 0 saturated carbocycles. The first-order chi connectivity index (χ1) is 9.20. The van der Waals surface area contributed by atoms with Gasteiger partial charge in [0.05, 0.1) is 23.0 Å². The van der Waals surface area contributed by atoms with E-state index in [0.29, 0.717) is 12.3 Å². The van der Waals surface area contributed by atoms with Crippen LogP contribution in [0, 0.1) is 0 Å². The Kier molecular flexibility index (Phi) is 4.76. The van der Waals surface area contributed by atoms with E-state index in [1.165, 1.54) is 5.56 Å². The van der Waals surface area contributed by atoms with Gasteiger partial charge in [-0.3, -0.25) is 0 Å². The van der Waals surface area contributed by atoms with Gasteiger partial charge >= 0.3 is 0 Å². The Bertz CT molecular complexity index is 560. The van der Waals surface area contributed by atoms with Gasteiger partial charge in [-0.05, 0) is 40.0 Å². The largest absolute Gasteiger partial charge is 0.397 e. The minimum Gasteiger partial charge on any atom is -0.397 e. The lowest BCUT2D eigenvalue weighted by molar-refractivity contribution is 0.202. The number of nitrogens with zero attached hydrogens (tertiary/aromatic N) is 1. The molecule has 2 rings (SSSR count). The Morgan fingerprint density at radius 2 is 2.16 bits per heavy atom. The number of ether oxygens (including phenoxy) is 1. The summed E-state index contributed by atoms with van der Waals surface area (Å²) >= 11 is 3.45. The van der Waals surface area contributed by atoms with Crippen LogP contribution >= 0.6 is 15.9 Å². The molecule has 1 aromatic heterocycles. The molecule has 19 heavy (non-hydrogen) atoms. The zero-order valence-corrected chi connectivity index (χ0v) is 12.3. The van der Waals surface area contributed by atoms with Crippen molar-refractivity contribution in [1.82, 2.24) is 4.98 Å². The van der Waals surface area contributed by atoms with Crippen LogP contribution in [0.25, 0.3) is 0 Å². The monoisotopic (exact) mass is 321 g/mol. The minimum absolute atomic E-state index is 0.630. The first-order valence-corrected chi connectivity index (χ1v) is 6.75.